The third-order valence-corrected chi connectivity index (χ3v) is 4.61. The SMILES string of the molecule is CC(C)(CCl)C(=O)N(Cc1ccc2c(c1)OCO2)Cc1ccco1. The van der Waals surface area contributed by atoms with Gasteiger partial charge in [0.15, 0.2) is 11.5 Å². The van der Waals surface area contributed by atoms with Crippen LogP contribution in [0.1, 0.15) is 25.2 Å². The Balaban J connectivity index is 1.82. The summed E-state index contributed by atoms with van der Waals surface area (Å²) in [6, 6.07) is 9.36. The second-order valence-corrected chi connectivity index (χ2v) is 6.71. The molecule has 1 amide bonds. The minimum Gasteiger partial charge on any atom is -0.467 e. The number of carbonyl (C=O) groups excluding carboxylic acids is 1. The van der Waals surface area contributed by atoms with E-state index in [4.69, 9.17) is 25.5 Å². The van der Waals surface area contributed by atoms with Crippen LogP contribution in [0.3, 0.4) is 0 Å². The maximum Gasteiger partial charge on any atom is 0.231 e. The molecule has 128 valence electrons. The number of rotatable bonds is 6. The first-order valence-corrected chi connectivity index (χ1v) is 8.29. The third-order valence-electron chi connectivity index (χ3n) is 3.94. The Labute approximate surface area is 146 Å². The van der Waals surface area contributed by atoms with Crippen molar-refractivity contribution in [2.45, 2.75) is 26.9 Å². The molecule has 0 saturated heterocycles. The van der Waals surface area contributed by atoms with Crippen LogP contribution >= 0.6 is 11.6 Å². The molecule has 6 heteroatoms. The quantitative estimate of drug-likeness (QED) is 0.744. The van der Waals surface area contributed by atoms with E-state index in [1.54, 1.807) is 11.2 Å². The minimum absolute atomic E-state index is 0.0217. The van der Waals surface area contributed by atoms with Crippen LogP contribution < -0.4 is 9.47 Å². The van der Waals surface area contributed by atoms with E-state index in [1.165, 1.54) is 0 Å². The summed E-state index contributed by atoms with van der Waals surface area (Å²) in [5.41, 5.74) is 0.314. The fraction of sp³-hybridized carbons (Fsp3) is 0.389. The summed E-state index contributed by atoms with van der Waals surface area (Å²) in [5, 5.41) is 0. The van der Waals surface area contributed by atoms with Crippen molar-refractivity contribution in [1.29, 1.82) is 0 Å². The van der Waals surface area contributed by atoms with Crippen LogP contribution in [0, 0.1) is 5.41 Å². The summed E-state index contributed by atoms with van der Waals surface area (Å²) in [6.45, 7) is 4.75. The summed E-state index contributed by atoms with van der Waals surface area (Å²) in [6.07, 6.45) is 1.60. The maximum atomic E-state index is 12.9. The van der Waals surface area contributed by atoms with Gasteiger partial charge in [-0.25, -0.2) is 0 Å². The Hall–Kier alpha value is -2.14. The van der Waals surface area contributed by atoms with E-state index in [0.717, 1.165) is 17.1 Å². The minimum atomic E-state index is -0.648. The number of benzene rings is 1. The molecule has 0 unspecified atom stereocenters. The van der Waals surface area contributed by atoms with E-state index in [1.807, 2.05) is 44.2 Å². The number of alkyl halides is 1. The monoisotopic (exact) mass is 349 g/mol. The van der Waals surface area contributed by atoms with Crippen molar-refractivity contribution in [2.24, 2.45) is 5.41 Å². The molecular formula is C18H20ClNO4. The molecule has 1 aromatic heterocycles. The van der Waals surface area contributed by atoms with Crippen molar-refractivity contribution in [3.05, 3.63) is 47.9 Å². The summed E-state index contributed by atoms with van der Waals surface area (Å²) in [7, 11) is 0. The van der Waals surface area contributed by atoms with E-state index in [9.17, 15) is 4.79 Å². The second-order valence-electron chi connectivity index (χ2n) is 6.45. The highest BCUT2D eigenvalue weighted by Gasteiger charge is 2.32. The van der Waals surface area contributed by atoms with Gasteiger partial charge in [-0.1, -0.05) is 6.07 Å². The lowest BCUT2D eigenvalue weighted by atomic mass is 9.94. The Morgan fingerprint density at radius 1 is 1.21 bits per heavy atom. The predicted octanol–water partition coefficient (Wildman–Crippen LogP) is 3.80. The van der Waals surface area contributed by atoms with Crippen molar-refractivity contribution in [3.63, 3.8) is 0 Å². The van der Waals surface area contributed by atoms with Crippen molar-refractivity contribution in [2.75, 3.05) is 12.7 Å². The zero-order valence-electron chi connectivity index (χ0n) is 13.8. The molecule has 5 nitrogen and oxygen atoms in total. The molecule has 2 aromatic rings. The number of hydrogen-bond acceptors (Lipinski definition) is 4. The number of amides is 1. The normalized spacial score (nSPS) is 13.1. The lowest BCUT2D eigenvalue weighted by Gasteiger charge is -2.30. The Kier molecular flexibility index (Phi) is 4.71. The molecule has 1 aliphatic heterocycles. The molecule has 1 aliphatic rings. The van der Waals surface area contributed by atoms with Crippen LogP contribution in [0.15, 0.2) is 41.0 Å². The lowest BCUT2D eigenvalue weighted by molar-refractivity contribution is -0.140. The van der Waals surface area contributed by atoms with Gasteiger partial charge in [0.25, 0.3) is 0 Å². The van der Waals surface area contributed by atoms with Crippen molar-refractivity contribution < 1.29 is 18.7 Å². The molecule has 0 saturated carbocycles. The number of furan rings is 1. The Morgan fingerprint density at radius 3 is 2.71 bits per heavy atom. The van der Waals surface area contributed by atoms with E-state index in [0.29, 0.717) is 18.8 Å². The van der Waals surface area contributed by atoms with Gasteiger partial charge in [0.05, 0.1) is 18.2 Å². The summed E-state index contributed by atoms with van der Waals surface area (Å²) in [4.78, 5) is 14.7. The van der Waals surface area contributed by atoms with Crippen LogP contribution in [0.4, 0.5) is 0 Å². The van der Waals surface area contributed by atoms with Crippen LogP contribution in [0.2, 0.25) is 0 Å². The molecule has 0 bridgehead atoms. The molecule has 24 heavy (non-hydrogen) atoms. The number of fused-ring (bicyclic) bond motifs is 1. The van der Waals surface area contributed by atoms with Crippen LogP contribution in [-0.2, 0) is 17.9 Å². The van der Waals surface area contributed by atoms with Gasteiger partial charge < -0.3 is 18.8 Å². The molecule has 0 radical (unpaired) electrons. The van der Waals surface area contributed by atoms with E-state index in [-0.39, 0.29) is 18.6 Å². The van der Waals surface area contributed by atoms with E-state index in [2.05, 4.69) is 0 Å². The Morgan fingerprint density at radius 2 is 2.00 bits per heavy atom. The van der Waals surface area contributed by atoms with Gasteiger partial charge in [0, 0.05) is 12.4 Å². The van der Waals surface area contributed by atoms with Gasteiger partial charge in [-0.2, -0.15) is 0 Å². The van der Waals surface area contributed by atoms with Crippen LogP contribution in [-0.4, -0.2) is 23.5 Å². The van der Waals surface area contributed by atoms with Gasteiger partial charge in [0.1, 0.15) is 5.76 Å². The number of halogens is 1. The topological polar surface area (TPSA) is 51.9 Å². The molecule has 0 aliphatic carbocycles. The van der Waals surface area contributed by atoms with Crippen molar-refractivity contribution in [1.82, 2.24) is 4.90 Å². The fourth-order valence-electron chi connectivity index (χ4n) is 2.54. The molecular weight excluding hydrogens is 330 g/mol. The first-order chi connectivity index (χ1) is 11.5. The van der Waals surface area contributed by atoms with Crippen molar-refractivity contribution >= 4 is 17.5 Å². The zero-order chi connectivity index (χ0) is 17.2. The first kappa shape index (κ1) is 16.7. The molecule has 2 heterocycles. The fourth-order valence-corrected chi connectivity index (χ4v) is 2.65. The molecule has 0 fully saturated rings. The van der Waals surface area contributed by atoms with E-state index < -0.39 is 5.41 Å². The standard InChI is InChI=1S/C18H20ClNO4/c1-18(2,11-19)17(21)20(10-14-4-3-7-22-14)9-13-5-6-15-16(8-13)24-12-23-15/h3-8H,9-12H2,1-2H3. The van der Waals surface area contributed by atoms with Gasteiger partial charge in [0.2, 0.25) is 12.7 Å². The predicted molar refractivity (Wildman–Crippen MR) is 90.0 cm³/mol. The van der Waals surface area contributed by atoms with Crippen LogP contribution in [0.5, 0.6) is 11.5 Å². The number of carbonyl (C=O) groups is 1. The smallest absolute Gasteiger partial charge is 0.231 e. The highest BCUT2D eigenvalue weighted by molar-refractivity contribution is 6.19. The van der Waals surface area contributed by atoms with Crippen LogP contribution in [0.25, 0.3) is 0 Å². The summed E-state index contributed by atoms with van der Waals surface area (Å²) in [5.74, 6) is 2.39. The summed E-state index contributed by atoms with van der Waals surface area (Å²) >= 11 is 5.99. The number of hydrogen-bond donors (Lipinski definition) is 0. The van der Waals surface area contributed by atoms with Gasteiger partial charge in [-0.05, 0) is 43.7 Å². The number of nitrogens with zero attached hydrogens (tertiary/aromatic N) is 1. The highest BCUT2D eigenvalue weighted by atomic mass is 35.5. The average molecular weight is 350 g/mol. The van der Waals surface area contributed by atoms with E-state index >= 15 is 0 Å². The van der Waals surface area contributed by atoms with Gasteiger partial charge >= 0.3 is 0 Å². The Bertz CT molecular complexity index is 712. The van der Waals surface area contributed by atoms with Crippen molar-refractivity contribution in [3.8, 4) is 11.5 Å². The van der Waals surface area contributed by atoms with Gasteiger partial charge in [-0.3, -0.25) is 4.79 Å². The first-order valence-electron chi connectivity index (χ1n) is 7.76. The summed E-state index contributed by atoms with van der Waals surface area (Å²) < 4.78 is 16.1. The molecule has 0 spiro atoms. The number of ether oxygens (including phenoxy) is 2. The highest BCUT2D eigenvalue weighted by Crippen LogP contribution is 2.33. The molecule has 3 rings (SSSR count). The maximum absolute atomic E-state index is 12.9. The molecule has 0 N–H and O–H groups in total. The zero-order valence-corrected chi connectivity index (χ0v) is 14.5. The molecule has 0 atom stereocenters. The second kappa shape index (κ2) is 6.77. The third kappa shape index (κ3) is 3.51. The van der Waals surface area contributed by atoms with Gasteiger partial charge in [-0.15, -0.1) is 11.6 Å². The largest absolute Gasteiger partial charge is 0.467 e. The lowest BCUT2D eigenvalue weighted by Crippen LogP contribution is -2.41. The average Bonchev–Trinajstić information content (AvgIpc) is 3.24. The molecule has 1 aromatic carbocycles.